The zero-order valence-corrected chi connectivity index (χ0v) is 14.2. The number of rotatable bonds is 5. The maximum Gasteiger partial charge on any atom is 0.229 e. The number of anilines is 1. The summed E-state index contributed by atoms with van der Waals surface area (Å²) in [5, 5.41) is 7.55. The number of para-hydroxylation sites is 1. The van der Waals surface area contributed by atoms with Gasteiger partial charge in [-0.05, 0) is 24.1 Å². The average molecular weight is 347 g/mol. The second-order valence-corrected chi connectivity index (χ2v) is 6.35. The Morgan fingerprint density at radius 3 is 2.92 bits per heavy atom. The van der Waals surface area contributed by atoms with E-state index in [0.717, 1.165) is 5.56 Å². The Labute approximate surface area is 145 Å². The number of nitrogens with zero attached hydrogens (tertiary/aromatic N) is 3. The van der Waals surface area contributed by atoms with Crippen LogP contribution in [0.25, 0.3) is 0 Å². The number of nitrogens with one attached hydrogen (secondary N) is 1. The van der Waals surface area contributed by atoms with Crippen LogP contribution in [-0.2, 0) is 23.1 Å². The number of hydrogen-bond acceptors (Lipinski definition) is 3. The Bertz CT molecular complexity index is 759. The number of halogens is 1. The minimum Gasteiger partial charge on any atom is -0.351 e. The number of hydrogen-bond donors (Lipinski definition) is 1. The number of amides is 2. The third kappa shape index (κ3) is 3.76. The summed E-state index contributed by atoms with van der Waals surface area (Å²) in [7, 11) is 1.84. The van der Waals surface area contributed by atoms with Gasteiger partial charge < -0.3 is 10.2 Å². The second-order valence-electron chi connectivity index (χ2n) is 5.95. The summed E-state index contributed by atoms with van der Waals surface area (Å²) in [6, 6.07) is 7.05. The van der Waals surface area contributed by atoms with Crippen LogP contribution in [0.2, 0.25) is 5.02 Å². The maximum atomic E-state index is 12.2. The SMILES string of the molecule is Cn1cc(CCC(=O)NC2CC(=O)N(c3ccccc3Cl)C2)cn1. The number of carbonyl (C=O) groups excluding carboxylic acids is 2. The molecule has 126 valence electrons. The summed E-state index contributed by atoms with van der Waals surface area (Å²) in [5.41, 5.74) is 1.71. The molecule has 1 aromatic heterocycles. The van der Waals surface area contributed by atoms with Gasteiger partial charge in [0.25, 0.3) is 0 Å². The van der Waals surface area contributed by atoms with Crippen molar-refractivity contribution >= 4 is 29.1 Å². The Balaban J connectivity index is 1.54. The van der Waals surface area contributed by atoms with Crippen LogP contribution in [0.3, 0.4) is 0 Å². The van der Waals surface area contributed by atoms with Gasteiger partial charge in [-0.1, -0.05) is 23.7 Å². The quantitative estimate of drug-likeness (QED) is 0.899. The van der Waals surface area contributed by atoms with E-state index in [0.29, 0.717) is 36.5 Å². The van der Waals surface area contributed by atoms with Crippen molar-refractivity contribution < 1.29 is 9.59 Å². The molecule has 1 fully saturated rings. The van der Waals surface area contributed by atoms with Crippen LogP contribution >= 0.6 is 11.6 Å². The highest BCUT2D eigenvalue weighted by molar-refractivity contribution is 6.33. The molecular weight excluding hydrogens is 328 g/mol. The van der Waals surface area contributed by atoms with Gasteiger partial charge in [0.15, 0.2) is 0 Å². The summed E-state index contributed by atoms with van der Waals surface area (Å²) in [6.07, 6.45) is 4.96. The molecular formula is C17H19ClN4O2. The van der Waals surface area contributed by atoms with E-state index in [1.54, 1.807) is 21.8 Å². The third-order valence-electron chi connectivity index (χ3n) is 4.03. The molecule has 0 spiro atoms. The standard InChI is InChI=1S/C17H19ClN4O2/c1-21-10-12(9-19-21)6-7-16(23)20-13-8-17(24)22(11-13)15-5-3-2-4-14(15)18/h2-5,9-10,13H,6-8,11H2,1H3,(H,20,23). The molecule has 2 aromatic rings. The van der Waals surface area contributed by atoms with Gasteiger partial charge >= 0.3 is 0 Å². The average Bonchev–Trinajstić information content (AvgIpc) is 3.11. The molecule has 0 bridgehead atoms. The summed E-state index contributed by atoms with van der Waals surface area (Å²) >= 11 is 6.15. The lowest BCUT2D eigenvalue weighted by Gasteiger charge is -2.18. The summed E-state index contributed by atoms with van der Waals surface area (Å²) in [5.74, 6) is -0.0849. The van der Waals surface area contributed by atoms with Crippen LogP contribution in [0.15, 0.2) is 36.7 Å². The van der Waals surface area contributed by atoms with E-state index in [9.17, 15) is 9.59 Å². The predicted molar refractivity (Wildman–Crippen MR) is 91.9 cm³/mol. The topological polar surface area (TPSA) is 67.2 Å². The van der Waals surface area contributed by atoms with Crippen LogP contribution in [-0.4, -0.2) is 34.2 Å². The van der Waals surface area contributed by atoms with Crippen molar-refractivity contribution in [3.05, 3.63) is 47.2 Å². The van der Waals surface area contributed by atoms with Crippen molar-refractivity contribution in [2.75, 3.05) is 11.4 Å². The van der Waals surface area contributed by atoms with Crippen molar-refractivity contribution in [2.45, 2.75) is 25.3 Å². The molecule has 2 amide bonds. The first-order valence-corrected chi connectivity index (χ1v) is 8.22. The van der Waals surface area contributed by atoms with Gasteiger partial charge in [0.2, 0.25) is 11.8 Å². The smallest absolute Gasteiger partial charge is 0.229 e. The molecule has 0 aliphatic carbocycles. The Morgan fingerprint density at radius 2 is 2.21 bits per heavy atom. The summed E-state index contributed by atoms with van der Waals surface area (Å²) < 4.78 is 1.71. The van der Waals surface area contributed by atoms with Gasteiger partial charge in [-0.2, -0.15) is 5.10 Å². The van der Waals surface area contributed by atoms with Crippen LogP contribution in [0, 0.1) is 0 Å². The van der Waals surface area contributed by atoms with Crippen LogP contribution in [0.4, 0.5) is 5.69 Å². The van der Waals surface area contributed by atoms with E-state index in [1.165, 1.54) is 0 Å². The summed E-state index contributed by atoms with van der Waals surface area (Å²) in [6.45, 7) is 0.446. The lowest BCUT2D eigenvalue weighted by atomic mass is 10.2. The van der Waals surface area contributed by atoms with Gasteiger partial charge in [0, 0.05) is 32.6 Å². The van der Waals surface area contributed by atoms with Crippen molar-refractivity contribution in [3.8, 4) is 0 Å². The largest absolute Gasteiger partial charge is 0.351 e. The lowest BCUT2D eigenvalue weighted by Crippen LogP contribution is -2.37. The molecule has 7 heteroatoms. The molecule has 3 rings (SSSR count). The fraction of sp³-hybridized carbons (Fsp3) is 0.353. The molecule has 1 aliphatic rings. The second kappa shape index (κ2) is 7.05. The minimum absolute atomic E-state index is 0.0272. The fourth-order valence-electron chi connectivity index (χ4n) is 2.87. The van der Waals surface area contributed by atoms with E-state index >= 15 is 0 Å². The van der Waals surface area contributed by atoms with Gasteiger partial charge in [-0.3, -0.25) is 14.3 Å². The van der Waals surface area contributed by atoms with Crippen molar-refractivity contribution in [2.24, 2.45) is 7.05 Å². The number of carbonyl (C=O) groups is 2. The van der Waals surface area contributed by atoms with Crippen molar-refractivity contribution in [1.29, 1.82) is 0 Å². The highest BCUT2D eigenvalue weighted by Crippen LogP contribution is 2.28. The van der Waals surface area contributed by atoms with Gasteiger partial charge in [0.1, 0.15) is 0 Å². The van der Waals surface area contributed by atoms with Crippen LogP contribution in [0.5, 0.6) is 0 Å². The van der Waals surface area contributed by atoms with E-state index < -0.39 is 0 Å². The van der Waals surface area contributed by atoms with E-state index in [2.05, 4.69) is 10.4 Å². The first-order chi connectivity index (χ1) is 11.5. The molecule has 1 aromatic carbocycles. The van der Waals surface area contributed by atoms with Gasteiger partial charge in [-0.15, -0.1) is 0 Å². The monoisotopic (exact) mass is 346 g/mol. The lowest BCUT2D eigenvalue weighted by molar-refractivity contribution is -0.121. The van der Waals surface area contributed by atoms with Gasteiger partial charge in [0.05, 0.1) is 22.9 Å². The molecule has 24 heavy (non-hydrogen) atoms. The number of aryl methyl sites for hydroxylation is 2. The zero-order valence-electron chi connectivity index (χ0n) is 13.4. The number of benzene rings is 1. The van der Waals surface area contributed by atoms with E-state index in [4.69, 9.17) is 11.6 Å². The molecule has 1 N–H and O–H groups in total. The highest BCUT2D eigenvalue weighted by atomic mass is 35.5. The molecule has 0 saturated carbocycles. The molecule has 0 radical (unpaired) electrons. The van der Waals surface area contributed by atoms with Crippen LogP contribution < -0.4 is 10.2 Å². The molecule has 1 unspecified atom stereocenters. The fourth-order valence-corrected chi connectivity index (χ4v) is 3.10. The van der Waals surface area contributed by atoms with Crippen molar-refractivity contribution in [1.82, 2.24) is 15.1 Å². The normalized spacial score (nSPS) is 17.3. The zero-order chi connectivity index (χ0) is 17.1. The third-order valence-corrected chi connectivity index (χ3v) is 4.35. The predicted octanol–water partition coefficient (Wildman–Crippen LogP) is 1.93. The minimum atomic E-state index is -0.185. The Hall–Kier alpha value is -2.34. The molecule has 1 aliphatic heterocycles. The highest BCUT2D eigenvalue weighted by Gasteiger charge is 2.32. The Morgan fingerprint density at radius 1 is 1.42 bits per heavy atom. The molecule has 1 saturated heterocycles. The van der Waals surface area contributed by atoms with E-state index in [-0.39, 0.29) is 17.9 Å². The molecule has 2 heterocycles. The Kier molecular flexibility index (Phi) is 4.85. The van der Waals surface area contributed by atoms with Gasteiger partial charge in [-0.25, -0.2) is 0 Å². The number of aromatic nitrogens is 2. The van der Waals surface area contributed by atoms with Crippen molar-refractivity contribution in [3.63, 3.8) is 0 Å². The first kappa shape index (κ1) is 16.5. The summed E-state index contributed by atoms with van der Waals surface area (Å²) in [4.78, 5) is 25.9. The maximum absolute atomic E-state index is 12.2. The molecule has 1 atom stereocenters. The van der Waals surface area contributed by atoms with E-state index in [1.807, 2.05) is 31.4 Å². The first-order valence-electron chi connectivity index (χ1n) is 7.84. The van der Waals surface area contributed by atoms with Crippen LogP contribution in [0.1, 0.15) is 18.4 Å². The molecule has 6 nitrogen and oxygen atoms in total.